The highest BCUT2D eigenvalue weighted by Crippen LogP contribution is 2.24. The van der Waals surface area contributed by atoms with Gasteiger partial charge in [-0.1, -0.05) is 54.6 Å². The number of aliphatic hydroxyl groups excluding tert-OH is 1. The first-order chi connectivity index (χ1) is 16.7. The third-order valence-electron chi connectivity index (χ3n) is 5.36. The van der Waals surface area contributed by atoms with Gasteiger partial charge in [0, 0.05) is 56.3 Å². The topological polar surface area (TPSA) is 116 Å². The van der Waals surface area contributed by atoms with Crippen LogP contribution in [0.25, 0.3) is 10.8 Å². The number of fused-ring (bicyclic) bond motifs is 1. The first-order valence-electron chi connectivity index (χ1n) is 11.1. The Kier molecular flexibility index (Phi) is 7.56. The van der Waals surface area contributed by atoms with Gasteiger partial charge in [0.25, 0.3) is 5.91 Å². The molecule has 0 bridgehead atoms. The first kappa shape index (κ1) is 23.1. The second kappa shape index (κ2) is 11.2. The summed E-state index contributed by atoms with van der Waals surface area (Å²) < 4.78 is 0. The summed E-state index contributed by atoms with van der Waals surface area (Å²) in [4.78, 5) is 22.0. The van der Waals surface area contributed by atoms with E-state index in [9.17, 15) is 4.79 Å². The zero-order chi connectivity index (χ0) is 23.8. The maximum atomic E-state index is 12.2. The summed E-state index contributed by atoms with van der Waals surface area (Å²) in [5, 5.41) is 26.4. The van der Waals surface area contributed by atoms with Crippen LogP contribution in [0.4, 0.5) is 11.8 Å². The minimum atomic E-state index is -0.233. The predicted octanol–water partition coefficient (Wildman–Crippen LogP) is 2.60. The van der Waals surface area contributed by atoms with Crippen LogP contribution < -0.4 is 10.6 Å². The average Bonchev–Trinajstić information content (AvgIpc) is 2.88. The molecule has 1 amide bonds. The van der Waals surface area contributed by atoms with Crippen molar-refractivity contribution in [2.75, 3.05) is 43.9 Å². The van der Waals surface area contributed by atoms with Crippen LogP contribution in [0.15, 0.2) is 67.0 Å². The number of likely N-dealkylation sites (N-methyl/N-ethyl adjacent to an activating group) is 1. The van der Waals surface area contributed by atoms with Crippen molar-refractivity contribution < 1.29 is 9.90 Å². The zero-order valence-corrected chi connectivity index (χ0v) is 19.0. The van der Waals surface area contributed by atoms with Crippen molar-refractivity contribution >= 4 is 28.4 Å². The lowest BCUT2D eigenvalue weighted by Gasteiger charge is -2.15. The van der Waals surface area contributed by atoms with Crippen molar-refractivity contribution in [3.05, 3.63) is 83.8 Å². The summed E-state index contributed by atoms with van der Waals surface area (Å²) in [6.07, 6.45) is 3.68. The zero-order valence-electron chi connectivity index (χ0n) is 19.0. The second-order valence-corrected chi connectivity index (χ2v) is 7.80. The highest BCUT2D eigenvalue weighted by molar-refractivity contribution is 5.94. The minimum Gasteiger partial charge on any atom is -0.395 e. The van der Waals surface area contributed by atoms with Crippen molar-refractivity contribution in [2.24, 2.45) is 0 Å². The maximum Gasteiger partial charge on any atom is 0.256 e. The Bertz CT molecular complexity index is 1230. The van der Waals surface area contributed by atoms with Gasteiger partial charge in [-0.05, 0) is 5.56 Å². The highest BCUT2D eigenvalue weighted by Gasteiger charge is 2.12. The number of carbonyl (C=O) groups excluding carboxylic acids is 1. The molecule has 9 nitrogen and oxygen atoms in total. The summed E-state index contributed by atoms with van der Waals surface area (Å²) in [5.41, 5.74) is 2.51. The minimum absolute atomic E-state index is 0.0921. The maximum absolute atomic E-state index is 12.2. The molecule has 9 heteroatoms. The summed E-state index contributed by atoms with van der Waals surface area (Å²) in [5.74, 6) is 0.920. The number of benzene rings is 2. The monoisotopic (exact) mass is 457 g/mol. The van der Waals surface area contributed by atoms with Crippen molar-refractivity contribution in [3.63, 3.8) is 0 Å². The lowest BCUT2D eigenvalue weighted by molar-refractivity contribution is 0.0766. The number of rotatable bonds is 10. The Morgan fingerprint density at radius 3 is 2.32 bits per heavy atom. The molecule has 0 aliphatic carbocycles. The van der Waals surface area contributed by atoms with E-state index in [2.05, 4.69) is 49.0 Å². The molecule has 0 aliphatic heterocycles. The van der Waals surface area contributed by atoms with Crippen LogP contribution in [0, 0.1) is 0 Å². The molecule has 3 N–H and O–H groups in total. The number of anilines is 2. The molecule has 0 fully saturated rings. The van der Waals surface area contributed by atoms with E-state index in [0.717, 1.165) is 28.7 Å². The van der Waals surface area contributed by atoms with Crippen LogP contribution in [0.3, 0.4) is 0 Å². The molecular weight excluding hydrogens is 430 g/mol. The summed E-state index contributed by atoms with van der Waals surface area (Å²) in [6, 6.07) is 18.4. The molecule has 2 aromatic heterocycles. The molecule has 0 unspecified atom stereocenters. The average molecular weight is 458 g/mol. The largest absolute Gasteiger partial charge is 0.395 e. The third-order valence-corrected chi connectivity index (χ3v) is 5.36. The molecular formula is C25H27N7O2. The molecule has 4 rings (SSSR count). The summed E-state index contributed by atoms with van der Waals surface area (Å²) >= 11 is 0. The number of amides is 1. The normalized spacial score (nSPS) is 10.8. The van der Waals surface area contributed by atoms with Gasteiger partial charge in [-0.2, -0.15) is 5.10 Å². The molecule has 4 aromatic rings. The number of nitrogens with one attached hydrogen (secondary N) is 2. The lowest BCUT2D eigenvalue weighted by Crippen LogP contribution is -2.29. The van der Waals surface area contributed by atoms with E-state index < -0.39 is 0 Å². The molecule has 2 heterocycles. The molecule has 0 radical (unpaired) electrons. The van der Waals surface area contributed by atoms with Crippen molar-refractivity contribution in [3.8, 4) is 0 Å². The Hall–Kier alpha value is -4.11. The Morgan fingerprint density at radius 1 is 0.912 bits per heavy atom. The molecule has 34 heavy (non-hydrogen) atoms. The van der Waals surface area contributed by atoms with Crippen LogP contribution in [-0.2, 0) is 6.42 Å². The van der Waals surface area contributed by atoms with Crippen LogP contribution in [0.5, 0.6) is 0 Å². The van der Waals surface area contributed by atoms with Crippen LogP contribution >= 0.6 is 0 Å². The molecule has 0 atom stereocenters. The van der Waals surface area contributed by atoms with Crippen LogP contribution in [0.1, 0.15) is 21.6 Å². The van der Waals surface area contributed by atoms with E-state index in [4.69, 9.17) is 5.11 Å². The van der Waals surface area contributed by atoms with Crippen LogP contribution in [-0.4, -0.2) is 69.4 Å². The number of aliphatic hydroxyl groups is 1. The van der Waals surface area contributed by atoms with E-state index in [-0.39, 0.29) is 19.1 Å². The fourth-order valence-corrected chi connectivity index (χ4v) is 3.57. The number of carbonyl (C=O) groups is 1. The Morgan fingerprint density at radius 2 is 1.59 bits per heavy atom. The molecule has 174 valence electrons. The van der Waals surface area contributed by atoms with Gasteiger partial charge in [0.1, 0.15) is 0 Å². The molecule has 0 spiro atoms. The third kappa shape index (κ3) is 5.62. The van der Waals surface area contributed by atoms with Gasteiger partial charge in [-0.3, -0.25) is 4.79 Å². The number of hydrogen-bond donors (Lipinski definition) is 3. The fourth-order valence-electron chi connectivity index (χ4n) is 3.57. The van der Waals surface area contributed by atoms with Gasteiger partial charge in [-0.25, -0.2) is 9.97 Å². The van der Waals surface area contributed by atoms with Crippen LogP contribution in [0.2, 0.25) is 0 Å². The number of hydrogen-bond acceptors (Lipinski definition) is 8. The van der Waals surface area contributed by atoms with E-state index in [1.807, 2.05) is 36.4 Å². The fraction of sp³-hybridized carbons (Fsp3) is 0.240. The number of aromatic nitrogens is 4. The van der Waals surface area contributed by atoms with Crippen molar-refractivity contribution in [1.29, 1.82) is 0 Å². The van der Waals surface area contributed by atoms with Crippen molar-refractivity contribution in [1.82, 2.24) is 25.1 Å². The lowest BCUT2D eigenvalue weighted by atomic mass is 10.0. The SMILES string of the molecule is CN(CCO)C(=O)c1cnc(NCCNc2nnc(Cc3ccccc3)c3ccccc23)nc1. The van der Waals surface area contributed by atoms with Crippen molar-refractivity contribution in [2.45, 2.75) is 6.42 Å². The first-order valence-corrected chi connectivity index (χ1v) is 11.1. The Balaban J connectivity index is 1.35. The number of nitrogens with zero attached hydrogens (tertiary/aromatic N) is 5. The van der Waals surface area contributed by atoms with Gasteiger partial charge in [0.05, 0.1) is 17.9 Å². The molecule has 0 saturated carbocycles. The standard InChI is InChI=1S/C25H27N7O2/c1-32(13-14-33)24(34)19-16-28-25(29-17-19)27-12-11-26-23-21-10-6-5-9-20(21)22(30-31-23)15-18-7-3-2-4-8-18/h2-10,16-17,33H,11-15H2,1H3,(H,26,31)(H,27,28,29). The molecule has 0 saturated heterocycles. The second-order valence-electron chi connectivity index (χ2n) is 7.80. The van der Waals surface area contributed by atoms with Gasteiger partial charge >= 0.3 is 0 Å². The van der Waals surface area contributed by atoms with E-state index in [1.165, 1.54) is 22.9 Å². The van der Waals surface area contributed by atoms with Gasteiger partial charge in [0.15, 0.2) is 5.82 Å². The highest BCUT2D eigenvalue weighted by atomic mass is 16.3. The van der Waals surface area contributed by atoms with Gasteiger partial charge < -0.3 is 20.6 Å². The van der Waals surface area contributed by atoms with E-state index in [1.54, 1.807) is 7.05 Å². The molecule has 2 aromatic carbocycles. The van der Waals surface area contributed by atoms with Gasteiger partial charge in [-0.15, -0.1) is 5.10 Å². The quantitative estimate of drug-likeness (QED) is 0.311. The summed E-state index contributed by atoms with van der Waals surface area (Å²) in [6.45, 7) is 1.31. The smallest absolute Gasteiger partial charge is 0.256 e. The predicted molar refractivity (Wildman–Crippen MR) is 132 cm³/mol. The van der Waals surface area contributed by atoms with Gasteiger partial charge in [0.2, 0.25) is 5.95 Å². The summed E-state index contributed by atoms with van der Waals surface area (Å²) in [7, 11) is 1.62. The van der Waals surface area contributed by atoms with E-state index in [0.29, 0.717) is 24.6 Å². The Labute approximate surface area is 197 Å². The molecule has 0 aliphatic rings. The van der Waals surface area contributed by atoms with E-state index >= 15 is 0 Å².